The van der Waals surface area contributed by atoms with E-state index in [0.29, 0.717) is 51.5 Å². The van der Waals surface area contributed by atoms with Crippen LogP contribution in [0.2, 0.25) is 0 Å². The predicted octanol–water partition coefficient (Wildman–Crippen LogP) is 17.2. The fourth-order valence-electron chi connectivity index (χ4n) is 8.75. The number of unbranched alkanes of at least 4 members (excludes halogenated alkanes) is 30. The minimum atomic E-state index is -0.130. The highest BCUT2D eigenvalue weighted by Crippen LogP contribution is 2.17. The van der Waals surface area contributed by atoms with E-state index in [0.717, 1.165) is 83.4 Å². The molecule has 0 aliphatic rings. The normalized spacial score (nSPS) is 11.6. The molecule has 0 heterocycles. The van der Waals surface area contributed by atoms with Crippen molar-refractivity contribution in [1.29, 1.82) is 0 Å². The van der Waals surface area contributed by atoms with Crippen molar-refractivity contribution in [3.63, 3.8) is 0 Å². The Balaban J connectivity index is -0.00000130. The Morgan fingerprint density at radius 3 is 1.25 bits per heavy atom. The summed E-state index contributed by atoms with van der Waals surface area (Å²) in [6.45, 7) is 12.1. The first-order chi connectivity index (χ1) is 34.7. The molecule has 9 nitrogen and oxygen atoms in total. The van der Waals surface area contributed by atoms with Crippen LogP contribution in [0.15, 0.2) is 12.2 Å². The summed E-state index contributed by atoms with van der Waals surface area (Å²) in [5, 5.41) is 0. The Kier molecular flexibility index (Phi) is 65.9. The quantitative estimate of drug-likeness (QED) is 0.0257. The van der Waals surface area contributed by atoms with E-state index in [4.69, 9.17) is 14.2 Å². The third-order valence-corrected chi connectivity index (χ3v) is 13.4. The highest BCUT2D eigenvalue weighted by molar-refractivity contribution is 5.76. The van der Waals surface area contributed by atoms with E-state index < -0.39 is 0 Å². The molecule has 0 radical (unpaired) electrons. The molecule has 0 spiro atoms. The van der Waals surface area contributed by atoms with Crippen LogP contribution in [0.5, 0.6) is 0 Å². The molecule has 0 bridgehead atoms. The first-order valence-electron chi connectivity index (χ1n) is 30.3. The summed E-state index contributed by atoms with van der Waals surface area (Å²) in [7, 11) is 7.68. The topological polar surface area (TPSA) is 102 Å². The van der Waals surface area contributed by atoms with Gasteiger partial charge in [0, 0.05) is 58.9 Å². The smallest absolute Gasteiger partial charge is 0.305 e. The molecule has 1 atom stereocenters. The van der Waals surface area contributed by atoms with Crippen LogP contribution in [0.25, 0.3) is 0 Å². The maximum atomic E-state index is 13.1. The van der Waals surface area contributed by atoms with E-state index >= 15 is 0 Å². The Morgan fingerprint density at radius 1 is 0.451 bits per heavy atom. The van der Waals surface area contributed by atoms with Crippen molar-refractivity contribution in [2.24, 2.45) is 5.92 Å². The number of aldehydes is 2. The third kappa shape index (κ3) is 62.1. The van der Waals surface area contributed by atoms with Crippen LogP contribution < -0.4 is 0 Å². The largest absolute Gasteiger partial charge is 0.465 e. The summed E-state index contributed by atoms with van der Waals surface area (Å²) in [4.78, 5) is 49.3. The Labute approximate surface area is 442 Å². The van der Waals surface area contributed by atoms with Crippen LogP contribution in [0.4, 0.5) is 0 Å². The Hall–Kier alpha value is -2.10. The first-order valence-corrected chi connectivity index (χ1v) is 30.3. The zero-order valence-electron chi connectivity index (χ0n) is 48.7. The number of hydrogen-bond donors (Lipinski definition) is 0. The van der Waals surface area contributed by atoms with Gasteiger partial charge in [0.15, 0.2) is 0 Å². The maximum Gasteiger partial charge on any atom is 0.305 e. The molecule has 0 fully saturated rings. The number of allylic oxidation sites excluding steroid dienone is 2. The number of ether oxygens (including phenoxy) is 3. The van der Waals surface area contributed by atoms with Gasteiger partial charge in [-0.15, -0.1) is 0 Å². The van der Waals surface area contributed by atoms with Crippen LogP contribution in [0.1, 0.15) is 291 Å². The van der Waals surface area contributed by atoms with E-state index in [1.807, 2.05) is 12.0 Å². The summed E-state index contributed by atoms with van der Waals surface area (Å²) in [6, 6.07) is 0. The number of nitrogens with zero attached hydrogens (tertiary/aromatic N) is 2. The van der Waals surface area contributed by atoms with Crippen molar-refractivity contribution in [2.75, 3.05) is 61.2 Å². The van der Waals surface area contributed by atoms with Crippen molar-refractivity contribution in [3.05, 3.63) is 12.2 Å². The number of methoxy groups -OCH3 is 2. The standard InChI is InChI=1S/C36H70N2O4.C18H38O.C8H14O2/c1-6-8-10-12-13-14-15-16-17-18-19-20-21-23-25-28-36(40)42-33-34(32-41-5)31-38(30-26-29-37(3)4)35(39)27-24-22-11-9-7-2;1-4-6-8-10-12-14-16-18(19-3)17-15-13-11-9-7-5-2;9-7-5-3-1-2-4-6-8-10/h16-17,34H,6-15,18-33H2,1-5H3;18H,4-17H2,1-3H3;7-8H,1-6H2/b17-16-;;. The lowest BCUT2D eigenvalue weighted by Crippen LogP contribution is -2.39. The van der Waals surface area contributed by atoms with Gasteiger partial charge >= 0.3 is 5.97 Å². The highest BCUT2D eigenvalue weighted by Gasteiger charge is 2.21. The molecule has 0 rings (SSSR count). The van der Waals surface area contributed by atoms with Crippen molar-refractivity contribution in [2.45, 2.75) is 297 Å². The molecule has 1 unspecified atom stereocenters. The van der Waals surface area contributed by atoms with Gasteiger partial charge in [-0.05, 0) is 91.3 Å². The molecule has 422 valence electrons. The number of amides is 1. The molecule has 71 heavy (non-hydrogen) atoms. The van der Waals surface area contributed by atoms with Gasteiger partial charge in [-0.1, -0.05) is 207 Å². The molecule has 0 aliphatic heterocycles. The van der Waals surface area contributed by atoms with Gasteiger partial charge in [0.2, 0.25) is 5.91 Å². The molecule has 0 aromatic carbocycles. The SMILES string of the molecule is CCCCCCCC/C=C\CCCCCCCC(=O)OCC(COC)CN(CCCN(C)C)C(=O)CCCCCCC.CCCCCCCCC(CCCCCCCC)OC.O=CCCCCCCC=O. The molecule has 0 N–H and O–H groups in total. The van der Waals surface area contributed by atoms with E-state index in [2.05, 4.69) is 58.8 Å². The molecule has 0 saturated heterocycles. The minimum absolute atomic E-state index is 0.00328. The first kappa shape index (κ1) is 73.1. The zero-order chi connectivity index (χ0) is 52.9. The Bertz CT molecular complexity index is 1070. The minimum Gasteiger partial charge on any atom is -0.465 e. The summed E-state index contributed by atoms with van der Waals surface area (Å²) >= 11 is 0. The van der Waals surface area contributed by atoms with Crippen molar-refractivity contribution in [3.8, 4) is 0 Å². The molecule has 0 aromatic rings. The van der Waals surface area contributed by atoms with Gasteiger partial charge in [-0.2, -0.15) is 0 Å². The third-order valence-electron chi connectivity index (χ3n) is 13.4. The molecule has 1 amide bonds. The fraction of sp³-hybridized carbons (Fsp3) is 0.903. The van der Waals surface area contributed by atoms with E-state index in [1.54, 1.807) is 7.11 Å². The van der Waals surface area contributed by atoms with Gasteiger partial charge < -0.3 is 33.6 Å². The van der Waals surface area contributed by atoms with Gasteiger partial charge in [-0.3, -0.25) is 9.59 Å². The van der Waals surface area contributed by atoms with Crippen LogP contribution in [-0.4, -0.2) is 102 Å². The van der Waals surface area contributed by atoms with Crippen LogP contribution in [-0.2, 0) is 33.4 Å². The van der Waals surface area contributed by atoms with Crippen LogP contribution >= 0.6 is 0 Å². The van der Waals surface area contributed by atoms with Crippen LogP contribution in [0.3, 0.4) is 0 Å². The summed E-state index contributed by atoms with van der Waals surface area (Å²) < 4.78 is 16.7. The second-order valence-electron chi connectivity index (χ2n) is 20.8. The average Bonchev–Trinajstić information content (AvgIpc) is 3.36. The summed E-state index contributed by atoms with van der Waals surface area (Å²) in [5.41, 5.74) is 0. The molecule has 0 aliphatic carbocycles. The van der Waals surface area contributed by atoms with E-state index in [-0.39, 0.29) is 17.8 Å². The summed E-state index contributed by atoms with van der Waals surface area (Å²) in [6.07, 6.45) is 55.7. The Morgan fingerprint density at radius 2 is 0.845 bits per heavy atom. The monoisotopic (exact) mass is 1010 g/mol. The van der Waals surface area contributed by atoms with Gasteiger partial charge in [-0.25, -0.2) is 0 Å². The second-order valence-corrected chi connectivity index (χ2v) is 20.8. The van der Waals surface area contributed by atoms with E-state index in [1.165, 1.54) is 180 Å². The fourth-order valence-corrected chi connectivity index (χ4v) is 8.75. The highest BCUT2D eigenvalue weighted by atomic mass is 16.5. The van der Waals surface area contributed by atoms with Crippen LogP contribution in [0, 0.1) is 5.92 Å². The summed E-state index contributed by atoms with van der Waals surface area (Å²) in [5.74, 6) is 0.0811. The molecular formula is C62H122N2O7. The van der Waals surface area contributed by atoms with Crippen molar-refractivity contribution in [1.82, 2.24) is 9.80 Å². The lowest BCUT2D eigenvalue weighted by atomic mass is 10.0. The zero-order valence-corrected chi connectivity index (χ0v) is 48.7. The lowest BCUT2D eigenvalue weighted by Gasteiger charge is -2.28. The van der Waals surface area contributed by atoms with Gasteiger partial charge in [0.05, 0.1) is 19.3 Å². The number of esters is 1. The number of carbonyl (C=O) groups excluding carboxylic acids is 4. The average molecular weight is 1010 g/mol. The van der Waals surface area contributed by atoms with Gasteiger partial charge in [0.1, 0.15) is 12.6 Å². The van der Waals surface area contributed by atoms with Crippen molar-refractivity contribution < 1.29 is 33.4 Å². The molecule has 0 saturated carbocycles. The molecular weight excluding hydrogens is 885 g/mol. The predicted molar refractivity (Wildman–Crippen MR) is 306 cm³/mol. The maximum absolute atomic E-state index is 13.1. The number of hydrogen-bond acceptors (Lipinski definition) is 8. The number of rotatable bonds is 53. The molecule has 9 heteroatoms. The molecule has 0 aromatic heterocycles. The number of carbonyl (C=O) groups is 4. The van der Waals surface area contributed by atoms with Gasteiger partial charge in [0.25, 0.3) is 0 Å². The van der Waals surface area contributed by atoms with Crippen molar-refractivity contribution >= 4 is 24.4 Å². The lowest BCUT2D eigenvalue weighted by molar-refractivity contribution is -0.146. The van der Waals surface area contributed by atoms with E-state index in [9.17, 15) is 19.2 Å². The second kappa shape index (κ2) is 64.0.